The Bertz CT molecular complexity index is 510. The number of nitrogens with one attached hydrogen (secondary N) is 1. The van der Waals surface area contributed by atoms with Gasteiger partial charge >= 0.3 is 0 Å². The van der Waals surface area contributed by atoms with Gasteiger partial charge in [0.15, 0.2) is 0 Å². The number of nitrogens with zero attached hydrogens (tertiary/aromatic N) is 1. The van der Waals surface area contributed by atoms with Crippen LogP contribution in [-0.2, 0) is 9.53 Å². The lowest BCUT2D eigenvalue weighted by Crippen LogP contribution is -2.46. The van der Waals surface area contributed by atoms with E-state index < -0.39 is 5.54 Å². The molecule has 0 saturated carbocycles. The Kier molecular flexibility index (Phi) is 3.84. The maximum Gasteiger partial charge on any atom is 0.244 e. The van der Waals surface area contributed by atoms with Gasteiger partial charge < -0.3 is 9.64 Å². The minimum atomic E-state index is -0.471. The van der Waals surface area contributed by atoms with Crippen LogP contribution >= 0.6 is 11.3 Å². The van der Waals surface area contributed by atoms with Gasteiger partial charge in [-0.25, -0.2) is 0 Å². The number of carbonyl (C=O) groups is 1. The van der Waals surface area contributed by atoms with Crippen molar-refractivity contribution in [2.45, 2.75) is 57.3 Å². The van der Waals surface area contributed by atoms with Gasteiger partial charge in [-0.15, -0.1) is 0 Å². The summed E-state index contributed by atoms with van der Waals surface area (Å²) in [5, 5.41) is 7.72. The predicted molar refractivity (Wildman–Crippen MR) is 84.2 cm³/mol. The molecule has 0 radical (unpaired) electrons. The smallest absolute Gasteiger partial charge is 0.244 e. The number of rotatable bonds is 4. The summed E-state index contributed by atoms with van der Waals surface area (Å²) in [6, 6.07) is 2.10. The van der Waals surface area contributed by atoms with Crippen molar-refractivity contribution in [3.05, 3.63) is 22.4 Å². The molecule has 1 aromatic heterocycles. The van der Waals surface area contributed by atoms with Crippen molar-refractivity contribution < 1.29 is 9.53 Å². The van der Waals surface area contributed by atoms with Gasteiger partial charge in [-0.3, -0.25) is 10.1 Å². The molecule has 3 unspecified atom stereocenters. The molecule has 3 heterocycles. The Balaban J connectivity index is 1.88. The summed E-state index contributed by atoms with van der Waals surface area (Å²) in [6.07, 6.45) is 2.87. The molecule has 2 aliphatic rings. The lowest BCUT2D eigenvalue weighted by atomic mass is 9.98. The van der Waals surface area contributed by atoms with Gasteiger partial charge in [0, 0.05) is 6.61 Å². The Morgan fingerprint density at radius 3 is 2.90 bits per heavy atom. The van der Waals surface area contributed by atoms with Crippen molar-refractivity contribution in [3.63, 3.8) is 0 Å². The van der Waals surface area contributed by atoms with Gasteiger partial charge in [-0.2, -0.15) is 11.3 Å². The second kappa shape index (κ2) is 5.38. The van der Waals surface area contributed by atoms with Crippen LogP contribution in [0.5, 0.6) is 0 Å². The van der Waals surface area contributed by atoms with Crippen LogP contribution in [0.4, 0.5) is 0 Å². The molecule has 2 aliphatic heterocycles. The van der Waals surface area contributed by atoms with Crippen LogP contribution in [0.15, 0.2) is 16.8 Å². The van der Waals surface area contributed by atoms with Crippen LogP contribution in [0.1, 0.15) is 51.8 Å². The molecule has 5 heteroatoms. The largest absolute Gasteiger partial charge is 0.373 e. The summed E-state index contributed by atoms with van der Waals surface area (Å²) in [5.41, 5.74) is 0.499. The maximum absolute atomic E-state index is 12.9. The van der Waals surface area contributed by atoms with Gasteiger partial charge in [-0.1, -0.05) is 6.92 Å². The SMILES string of the molecule is CCC1(C)NC(c2ccsc2)N(CC2(C)CCCO2)C1=O. The van der Waals surface area contributed by atoms with Crippen LogP contribution < -0.4 is 5.32 Å². The van der Waals surface area contributed by atoms with Crippen molar-refractivity contribution >= 4 is 17.2 Å². The van der Waals surface area contributed by atoms with Gasteiger partial charge in [-0.05, 0) is 55.5 Å². The van der Waals surface area contributed by atoms with Crippen LogP contribution in [0.3, 0.4) is 0 Å². The first-order valence-electron chi connectivity index (χ1n) is 7.72. The zero-order chi connectivity index (χ0) is 15.1. The van der Waals surface area contributed by atoms with Gasteiger partial charge in [0.2, 0.25) is 5.91 Å². The van der Waals surface area contributed by atoms with Crippen molar-refractivity contribution in [1.29, 1.82) is 0 Å². The van der Waals surface area contributed by atoms with Crippen molar-refractivity contribution in [2.75, 3.05) is 13.2 Å². The van der Waals surface area contributed by atoms with E-state index >= 15 is 0 Å². The molecular weight excluding hydrogens is 284 g/mol. The summed E-state index contributed by atoms with van der Waals surface area (Å²) in [7, 11) is 0. The zero-order valence-electron chi connectivity index (χ0n) is 13.0. The number of hydrogen-bond donors (Lipinski definition) is 1. The van der Waals surface area contributed by atoms with Crippen LogP contribution in [-0.4, -0.2) is 35.1 Å². The highest BCUT2D eigenvalue weighted by molar-refractivity contribution is 7.07. The molecule has 0 aliphatic carbocycles. The van der Waals surface area contributed by atoms with E-state index in [2.05, 4.69) is 36.0 Å². The van der Waals surface area contributed by atoms with E-state index in [-0.39, 0.29) is 17.7 Å². The Morgan fingerprint density at radius 1 is 1.52 bits per heavy atom. The first kappa shape index (κ1) is 15.0. The highest BCUT2D eigenvalue weighted by atomic mass is 32.1. The van der Waals surface area contributed by atoms with Gasteiger partial charge in [0.1, 0.15) is 6.17 Å². The van der Waals surface area contributed by atoms with Crippen LogP contribution in [0, 0.1) is 0 Å². The van der Waals surface area contributed by atoms with Crippen LogP contribution in [0.2, 0.25) is 0 Å². The second-order valence-electron chi connectivity index (χ2n) is 6.62. The normalized spacial score (nSPS) is 36.6. The van der Waals surface area contributed by atoms with E-state index in [1.807, 2.05) is 11.8 Å². The molecule has 3 rings (SSSR count). The number of carbonyl (C=O) groups excluding carboxylic acids is 1. The maximum atomic E-state index is 12.9. The molecule has 0 bridgehead atoms. The Morgan fingerprint density at radius 2 is 2.33 bits per heavy atom. The first-order chi connectivity index (χ1) is 9.97. The topological polar surface area (TPSA) is 41.6 Å². The van der Waals surface area contributed by atoms with E-state index in [0.29, 0.717) is 6.54 Å². The monoisotopic (exact) mass is 308 g/mol. The number of ether oxygens (including phenoxy) is 1. The van der Waals surface area contributed by atoms with Crippen LogP contribution in [0.25, 0.3) is 0 Å². The molecule has 2 saturated heterocycles. The van der Waals surface area contributed by atoms with Crippen molar-refractivity contribution in [3.8, 4) is 0 Å². The summed E-state index contributed by atoms with van der Waals surface area (Å²) < 4.78 is 5.90. The third-order valence-electron chi connectivity index (χ3n) is 4.87. The van der Waals surface area contributed by atoms with E-state index in [4.69, 9.17) is 4.74 Å². The Hall–Kier alpha value is -0.910. The Labute approximate surface area is 130 Å². The van der Waals surface area contributed by atoms with E-state index in [1.165, 1.54) is 5.56 Å². The van der Waals surface area contributed by atoms with Gasteiger partial charge in [0.05, 0.1) is 17.7 Å². The fraction of sp³-hybridized carbons (Fsp3) is 0.688. The molecule has 21 heavy (non-hydrogen) atoms. The fourth-order valence-electron chi connectivity index (χ4n) is 3.31. The summed E-state index contributed by atoms with van der Waals surface area (Å²) in [4.78, 5) is 14.9. The average molecular weight is 308 g/mol. The number of thiophene rings is 1. The highest BCUT2D eigenvalue weighted by Crippen LogP contribution is 2.37. The lowest BCUT2D eigenvalue weighted by Gasteiger charge is -2.32. The molecule has 1 amide bonds. The molecule has 1 N–H and O–H groups in total. The first-order valence-corrected chi connectivity index (χ1v) is 8.66. The van der Waals surface area contributed by atoms with E-state index in [9.17, 15) is 4.79 Å². The zero-order valence-corrected chi connectivity index (χ0v) is 13.8. The lowest BCUT2D eigenvalue weighted by molar-refractivity contribution is -0.136. The third-order valence-corrected chi connectivity index (χ3v) is 5.57. The minimum absolute atomic E-state index is 0.0327. The molecule has 116 valence electrons. The summed E-state index contributed by atoms with van der Waals surface area (Å²) in [6.45, 7) is 7.66. The van der Waals surface area contributed by atoms with Crippen molar-refractivity contribution in [2.24, 2.45) is 0 Å². The predicted octanol–water partition coefficient (Wildman–Crippen LogP) is 2.92. The second-order valence-corrected chi connectivity index (χ2v) is 7.40. The minimum Gasteiger partial charge on any atom is -0.373 e. The average Bonchev–Trinajstić information content (AvgIpc) is 3.17. The molecule has 2 fully saturated rings. The van der Waals surface area contributed by atoms with E-state index in [1.54, 1.807) is 11.3 Å². The van der Waals surface area contributed by atoms with Crippen molar-refractivity contribution in [1.82, 2.24) is 10.2 Å². The van der Waals surface area contributed by atoms with E-state index in [0.717, 1.165) is 25.9 Å². The molecule has 0 spiro atoms. The molecule has 1 aromatic rings. The standard InChI is InChI=1S/C16H24N2O2S/c1-4-16(3)14(19)18(11-15(2)7-5-8-20-15)13(17-16)12-6-9-21-10-12/h6,9-10,13,17H,4-5,7-8,11H2,1-3H3. The third kappa shape index (κ3) is 2.62. The fourth-order valence-corrected chi connectivity index (χ4v) is 3.99. The number of amides is 1. The summed E-state index contributed by atoms with van der Waals surface area (Å²) >= 11 is 1.67. The van der Waals surface area contributed by atoms with Gasteiger partial charge in [0.25, 0.3) is 0 Å². The highest BCUT2D eigenvalue weighted by Gasteiger charge is 2.49. The molecular formula is C16H24N2O2S. The molecule has 3 atom stereocenters. The summed E-state index contributed by atoms with van der Waals surface area (Å²) in [5.74, 6) is 0.193. The number of hydrogen-bond acceptors (Lipinski definition) is 4. The molecule has 0 aromatic carbocycles. The molecule has 4 nitrogen and oxygen atoms in total. The quantitative estimate of drug-likeness (QED) is 0.930.